The van der Waals surface area contributed by atoms with Gasteiger partial charge in [0.2, 0.25) is 11.8 Å². The molecule has 6 heteroatoms. The van der Waals surface area contributed by atoms with Gasteiger partial charge in [-0.25, -0.2) is 0 Å². The van der Waals surface area contributed by atoms with Gasteiger partial charge in [-0.15, -0.1) is 11.8 Å². The summed E-state index contributed by atoms with van der Waals surface area (Å²) >= 11 is 3.24. The number of hydrogen-bond donors (Lipinski definition) is 1. The average Bonchev–Trinajstić information content (AvgIpc) is 2.56. The molecule has 23 heavy (non-hydrogen) atoms. The van der Waals surface area contributed by atoms with Crippen LogP contribution < -0.4 is 5.32 Å². The van der Waals surface area contributed by atoms with E-state index in [-0.39, 0.29) is 17.2 Å². The predicted molar refractivity (Wildman–Crippen MR) is 98.4 cm³/mol. The van der Waals surface area contributed by atoms with Crippen LogP contribution in [0.4, 0.5) is 0 Å². The molecule has 1 N–H and O–H groups in total. The third-order valence-corrected chi connectivity index (χ3v) is 5.28. The van der Waals surface area contributed by atoms with Crippen molar-refractivity contribution in [3.8, 4) is 0 Å². The van der Waals surface area contributed by atoms with E-state index in [1.165, 1.54) is 0 Å². The molecule has 2 amide bonds. The van der Waals surface area contributed by atoms with Crippen LogP contribution in [0.5, 0.6) is 0 Å². The number of carbonyl (C=O) groups is 2. The quantitative estimate of drug-likeness (QED) is 0.821. The maximum atomic E-state index is 12.5. The molecular formula is C17H22N2O2S2. The van der Waals surface area contributed by atoms with Crippen molar-refractivity contribution in [2.75, 3.05) is 24.8 Å². The lowest BCUT2D eigenvalue weighted by Crippen LogP contribution is -2.41. The summed E-state index contributed by atoms with van der Waals surface area (Å²) in [6, 6.07) is 8.00. The molecule has 0 saturated heterocycles. The average molecular weight is 351 g/mol. The Labute approximate surface area is 146 Å². The topological polar surface area (TPSA) is 49.4 Å². The van der Waals surface area contributed by atoms with E-state index in [1.54, 1.807) is 28.4 Å². The number of thioether (sulfide) groups is 2. The van der Waals surface area contributed by atoms with Crippen molar-refractivity contribution in [3.63, 3.8) is 0 Å². The summed E-state index contributed by atoms with van der Waals surface area (Å²) in [5, 5.41) is 2.77. The van der Waals surface area contributed by atoms with Crippen LogP contribution in [-0.2, 0) is 16.0 Å². The molecule has 1 heterocycles. The molecule has 0 aromatic heterocycles. The Kier molecular flexibility index (Phi) is 6.59. The number of amides is 2. The smallest absolute Gasteiger partial charge is 0.232 e. The maximum absolute atomic E-state index is 12.5. The molecule has 2 rings (SSSR count). The number of benzene rings is 1. The SMILES string of the molecule is C=C(CNC(=O)CCSC)N1C(=O)Cc2ccccc2C1SC. The molecule has 0 radical (unpaired) electrons. The number of rotatable bonds is 7. The molecular weight excluding hydrogens is 328 g/mol. The fourth-order valence-electron chi connectivity index (χ4n) is 2.60. The highest BCUT2D eigenvalue weighted by Crippen LogP contribution is 2.39. The van der Waals surface area contributed by atoms with Crippen LogP contribution >= 0.6 is 23.5 Å². The molecule has 1 aromatic carbocycles. The molecule has 1 unspecified atom stereocenters. The van der Waals surface area contributed by atoms with E-state index in [0.29, 0.717) is 25.1 Å². The predicted octanol–water partition coefficient (Wildman–Crippen LogP) is 2.82. The van der Waals surface area contributed by atoms with E-state index < -0.39 is 0 Å². The summed E-state index contributed by atoms with van der Waals surface area (Å²) in [4.78, 5) is 26.0. The van der Waals surface area contributed by atoms with Crippen molar-refractivity contribution in [3.05, 3.63) is 47.7 Å². The van der Waals surface area contributed by atoms with Crippen LogP contribution in [0.3, 0.4) is 0 Å². The van der Waals surface area contributed by atoms with Gasteiger partial charge < -0.3 is 5.32 Å². The van der Waals surface area contributed by atoms with Crippen LogP contribution in [0.2, 0.25) is 0 Å². The zero-order valence-electron chi connectivity index (χ0n) is 13.5. The Hall–Kier alpha value is -1.40. The van der Waals surface area contributed by atoms with Crippen molar-refractivity contribution < 1.29 is 9.59 Å². The van der Waals surface area contributed by atoms with Crippen molar-refractivity contribution in [2.45, 2.75) is 18.2 Å². The summed E-state index contributed by atoms with van der Waals surface area (Å²) in [5.41, 5.74) is 2.86. The van der Waals surface area contributed by atoms with E-state index in [0.717, 1.165) is 16.9 Å². The molecule has 124 valence electrons. The lowest BCUT2D eigenvalue weighted by Gasteiger charge is -2.37. The van der Waals surface area contributed by atoms with Crippen LogP contribution in [0, 0.1) is 0 Å². The highest BCUT2D eigenvalue weighted by Gasteiger charge is 2.33. The van der Waals surface area contributed by atoms with Crippen molar-refractivity contribution >= 4 is 35.3 Å². The van der Waals surface area contributed by atoms with Gasteiger partial charge in [0.15, 0.2) is 0 Å². The highest BCUT2D eigenvalue weighted by atomic mass is 32.2. The summed E-state index contributed by atoms with van der Waals surface area (Å²) in [5.74, 6) is 0.819. The molecule has 0 saturated carbocycles. The summed E-state index contributed by atoms with van der Waals surface area (Å²) in [6.45, 7) is 4.33. The summed E-state index contributed by atoms with van der Waals surface area (Å²) < 4.78 is 0. The lowest BCUT2D eigenvalue weighted by molar-refractivity contribution is -0.130. The van der Waals surface area contributed by atoms with E-state index in [9.17, 15) is 9.59 Å². The second kappa shape index (κ2) is 8.45. The number of fused-ring (bicyclic) bond motifs is 1. The molecule has 0 fully saturated rings. The van der Waals surface area contributed by atoms with E-state index in [1.807, 2.05) is 30.7 Å². The second-order valence-electron chi connectivity index (χ2n) is 5.31. The van der Waals surface area contributed by atoms with Gasteiger partial charge in [-0.05, 0) is 23.6 Å². The number of nitrogens with zero attached hydrogens (tertiary/aromatic N) is 1. The minimum absolute atomic E-state index is 0.00828. The van der Waals surface area contributed by atoms with Gasteiger partial charge in [-0.3, -0.25) is 14.5 Å². The van der Waals surface area contributed by atoms with E-state index in [2.05, 4.69) is 18.0 Å². The van der Waals surface area contributed by atoms with Crippen molar-refractivity contribution in [1.82, 2.24) is 10.2 Å². The van der Waals surface area contributed by atoms with Crippen molar-refractivity contribution in [1.29, 1.82) is 0 Å². The molecule has 0 bridgehead atoms. The molecule has 4 nitrogen and oxygen atoms in total. The van der Waals surface area contributed by atoms with Crippen LogP contribution in [0.25, 0.3) is 0 Å². The number of carbonyl (C=O) groups excluding carboxylic acids is 2. The maximum Gasteiger partial charge on any atom is 0.232 e. The van der Waals surface area contributed by atoms with Crippen LogP contribution in [0.1, 0.15) is 22.9 Å². The monoisotopic (exact) mass is 350 g/mol. The minimum atomic E-state index is -0.0805. The number of nitrogens with one attached hydrogen (secondary N) is 1. The Bertz CT molecular complexity index is 604. The van der Waals surface area contributed by atoms with Gasteiger partial charge >= 0.3 is 0 Å². The first kappa shape index (κ1) is 17.9. The molecule has 1 aromatic rings. The van der Waals surface area contributed by atoms with Crippen LogP contribution in [-0.4, -0.2) is 41.5 Å². The van der Waals surface area contributed by atoms with Crippen LogP contribution in [0.15, 0.2) is 36.5 Å². The van der Waals surface area contributed by atoms with Gasteiger partial charge in [0.1, 0.15) is 5.37 Å². The fourth-order valence-corrected chi connectivity index (χ4v) is 3.95. The van der Waals surface area contributed by atoms with E-state index in [4.69, 9.17) is 0 Å². The Morgan fingerprint density at radius 2 is 2.13 bits per heavy atom. The number of hydrogen-bond acceptors (Lipinski definition) is 4. The third kappa shape index (κ3) is 4.32. The van der Waals surface area contributed by atoms with Crippen molar-refractivity contribution in [2.24, 2.45) is 0 Å². The lowest BCUT2D eigenvalue weighted by atomic mass is 9.98. The molecule has 1 atom stereocenters. The minimum Gasteiger partial charge on any atom is -0.351 e. The first-order valence-electron chi connectivity index (χ1n) is 7.44. The third-order valence-electron chi connectivity index (χ3n) is 3.75. The zero-order valence-corrected chi connectivity index (χ0v) is 15.1. The van der Waals surface area contributed by atoms with Gasteiger partial charge in [0, 0.05) is 17.9 Å². The standard InChI is InChI=1S/C17H22N2O2S2/c1-12(11-18-15(20)8-9-22-2)19-16(21)10-13-6-4-5-7-14(13)17(19)23-3/h4-7,17H,1,8-11H2,2-3H3,(H,18,20). The molecule has 1 aliphatic heterocycles. The van der Waals surface area contributed by atoms with Gasteiger partial charge in [-0.2, -0.15) is 11.8 Å². The Morgan fingerprint density at radius 1 is 1.39 bits per heavy atom. The largest absolute Gasteiger partial charge is 0.351 e. The Balaban J connectivity index is 2.07. The highest BCUT2D eigenvalue weighted by molar-refractivity contribution is 7.98. The first-order valence-corrected chi connectivity index (χ1v) is 10.1. The molecule has 0 spiro atoms. The second-order valence-corrected chi connectivity index (χ2v) is 7.22. The molecule has 0 aliphatic carbocycles. The molecule has 1 aliphatic rings. The zero-order chi connectivity index (χ0) is 16.8. The van der Waals surface area contributed by atoms with Gasteiger partial charge in [-0.1, -0.05) is 30.8 Å². The van der Waals surface area contributed by atoms with E-state index >= 15 is 0 Å². The first-order chi connectivity index (χ1) is 11.1. The summed E-state index contributed by atoms with van der Waals surface area (Å²) in [7, 11) is 0. The fraction of sp³-hybridized carbons (Fsp3) is 0.412. The van der Waals surface area contributed by atoms with Gasteiger partial charge in [0.25, 0.3) is 0 Å². The Morgan fingerprint density at radius 3 is 2.83 bits per heavy atom. The summed E-state index contributed by atoms with van der Waals surface area (Å²) in [6.07, 6.45) is 4.82. The van der Waals surface area contributed by atoms with Gasteiger partial charge in [0.05, 0.1) is 13.0 Å². The normalized spacial score (nSPS) is 16.9.